The Hall–Kier alpha value is -0.910. The van der Waals surface area contributed by atoms with Gasteiger partial charge in [-0.1, -0.05) is 45.2 Å². The fourth-order valence-corrected chi connectivity index (χ4v) is 2.75. The van der Waals surface area contributed by atoms with Crippen LogP contribution in [0.1, 0.15) is 11.1 Å². The van der Waals surface area contributed by atoms with Crippen LogP contribution in [0.25, 0.3) is 0 Å². The van der Waals surface area contributed by atoms with Crippen LogP contribution < -0.4 is 5.32 Å². The van der Waals surface area contributed by atoms with Crippen molar-refractivity contribution in [2.75, 3.05) is 5.32 Å². The van der Waals surface area contributed by atoms with E-state index in [1.807, 2.05) is 0 Å². The van der Waals surface area contributed by atoms with Gasteiger partial charge in [0.2, 0.25) is 0 Å². The molecule has 112 valence electrons. The van der Waals surface area contributed by atoms with E-state index in [1.54, 1.807) is 24.3 Å². The second-order valence-electron chi connectivity index (χ2n) is 4.25. The largest absolute Gasteiger partial charge is 0.417 e. The van der Waals surface area contributed by atoms with Crippen molar-refractivity contribution in [2.24, 2.45) is 0 Å². The van der Waals surface area contributed by atoms with Crippen LogP contribution in [0.2, 0.25) is 10.0 Å². The van der Waals surface area contributed by atoms with Gasteiger partial charge in [-0.05, 0) is 30.3 Å². The molecule has 1 N–H and O–H groups in total. The molecule has 7 heteroatoms. The third-order valence-corrected chi connectivity index (χ3v) is 4.20. The van der Waals surface area contributed by atoms with Crippen LogP contribution in [0.5, 0.6) is 0 Å². The third-order valence-electron chi connectivity index (χ3n) is 2.80. The molecule has 0 saturated heterocycles. The van der Waals surface area contributed by atoms with E-state index >= 15 is 0 Å². The molecule has 2 aromatic rings. The smallest absolute Gasteiger partial charge is 0.381 e. The zero-order valence-electron chi connectivity index (χ0n) is 10.4. The zero-order valence-corrected chi connectivity index (χ0v) is 13.5. The molecule has 0 unspecified atom stereocenters. The first-order valence-electron chi connectivity index (χ1n) is 5.82. The van der Waals surface area contributed by atoms with Crippen molar-refractivity contribution in [1.82, 2.24) is 0 Å². The van der Waals surface area contributed by atoms with Gasteiger partial charge in [0.1, 0.15) is 0 Å². The summed E-state index contributed by atoms with van der Waals surface area (Å²) in [6, 6.07) is 8.98. The number of halogens is 6. The molecule has 0 aliphatic heterocycles. The molecular formula is C14H9BrCl2F3N. The second-order valence-corrected chi connectivity index (χ2v) is 5.91. The van der Waals surface area contributed by atoms with Crippen LogP contribution in [-0.4, -0.2) is 0 Å². The van der Waals surface area contributed by atoms with Gasteiger partial charge in [0, 0.05) is 32.3 Å². The molecule has 0 aliphatic carbocycles. The van der Waals surface area contributed by atoms with Crippen LogP contribution in [-0.2, 0) is 12.7 Å². The van der Waals surface area contributed by atoms with Crippen molar-refractivity contribution in [3.63, 3.8) is 0 Å². The highest BCUT2D eigenvalue weighted by Crippen LogP contribution is 2.36. The first-order chi connectivity index (χ1) is 9.79. The number of anilines is 1. The molecule has 2 aromatic carbocycles. The van der Waals surface area contributed by atoms with Gasteiger partial charge in [-0.3, -0.25) is 0 Å². The van der Waals surface area contributed by atoms with Gasteiger partial charge in [-0.15, -0.1) is 0 Å². The normalized spacial score (nSPS) is 11.5. The Bertz CT molecular complexity index is 639. The second kappa shape index (κ2) is 6.46. The lowest BCUT2D eigenvalue weighted by Crippen LogP contribution is -2.08. The number of hydrogen-bond acceptors (Lipinski definition) is 1. The quantitative estimate of drug-likeness (QED) is 0.631. The first-order valence-corrected chi connectivity index (χ1v) is 7.37. The minimum absolute atomic E-state index is 0.00340. The molecular weight excluding hydrogens is 390 g/mol. The number of rotatable bonds is 3. The summed E-state index contributed by atoms with van der Waals surface area (Å²) in [7, 11) is 0. The maximum absolute atomic E-state index is 12.8. The predicted molar refractivity (Wildman–Crippen MR) is 82.9 cm³/mol. The Labute approximate surface area is 138 Å². The number of alkyl halides is 3. The highest BCUT2D eigenvalue weighted by atomic mass is 79.9. The van der Waals surface area contributed by atoms with Crippen LogP contribution in [0.3, 0.4) is 0 Å². The Morgan fingerprint density at radius 1 is 1.05 bits per heavy atom. The first kappa shape index (κ1) is 16.5. The van der Waals surface area contributed by atoms with E-state index in [-0.39, 0.29) is 11.0 Å². The molecule has 0 fully saturated rings. The standard InChI is InChI=1S/C14H9BrCl2F3N/c15-11-5-4-8(6-10(11)14(18,19)20)21-7-9-12(16)2-1-3-13(9)17/h1-6,21H,7H2. The monoisotopic (exact) mass is 397 g/mol. The van der Waals surface area contributed by atoms with Gasteiger partial charge in [-0.25, -0.2) is 0 Å². The minimum atomic E-state index is -4.42. The lowest BCUT2D eigenvalue weighted by molar-refractivity contribution is -0.138. The van der Waals surface area contributed by atoms with E-state index in [4.69, 9.17) is 23.2 Å². The van der Waals surface area contributed by atoms with Crippen molar-refractivity contribution in [1.29, 1.82) is 0 Å². The molecule has 0 heterocycles. The van der Waals surface area contributed by atoms with Gasteiger partial charge in [0.05, 0.1) is 5.56 Å². The van der Waals surface area contributed by atoms with Crippen molar-refractivity contribution >= 4 is 44.8 Å². The van der Waals surface area contributed by atoms with Gasteiger partial charge < -0.3 is 5.32 Å². The fraction of sp³-hybridized carbons (Fsp3) is 0.143. The van der Waals surface area contributed by atoms with Crippen molar-refractivity contribution in [3.05, 3.63) is 62.0 Å². The summed E-state index contributed by atoms with van der Waals surface area (Å²) < 4.78 is 38.5. The van der Waals surface area contributed by atoms with Crippen molar-refractivity contribution in [3.8, 4) is 0 Å². The average Bonchev–Trinajstić information content (AvgIpc) is 2.38. The maximum Gasteiger partial charge on any atom is 0.417 e. The average molecular weight is 399 g/mol. The lowest BCUT2D eigenvalue weighted by Gasteiger charge is -2.13. The minimum Gasteiger partial charge on any atom is -0.381 e. The molecule has 0 spiro atoms. The molecule has 2 rings (SSSR count). The van der Waals surface area contributed by atoms with Gasteiger partial charge in [0.15, 0.2) is 0 Å². The van der Waals surface area contributed by atoms with Crippen LogP contribution in [0.4, 0.5) is 18.9 Å². The Morgan fingerprint density at radius 2 is 1.67 bits per heavy atom. The van der Waals surface area contributed by atoms with E-state index in [0.717, 1.165) is 6.07 Å². The van der Waals surface area contributed by atoms with Gasteiger partial charge in [0.25, 0.3) is 0 Å². The topological polar surface area (TPSA) is 12.0 Å². The van der Waals surface area contributed by atoms with E-state index in [1.165, 1.54) is 6.07 Å². The lowest BCUT2D eigenvalue weighted by atomic mass is 10.1. The molecule has 0 aromatic heterocycles. The third kappa shape index (κ3) is 4.05. The fourth-order valence-electron chi connectivity index (χ4n) is 1.74. The van der Waals surface area contributed by atoms with Crippen molar-refractivity contribution < 1.29 is 13.2 Å². The molecule has 0 radical (unpaired) electrons. The summed E-state index contributed by atoms with van der Waals surface area (Å²) >= 11 is 14.9. The van der Waals surface area contributed by atoms with Gasteiger partial charge in [-0.2, -0.15) is 13.2 Å². The van der Waals surface area contributed by atoms with E-state index < -0.39 is 11.7 Å². The number of hydrogen-bond donors (Lipinski definition) is 1. The molecule has 0 aliphatic rings. The maximum atomic E-state index is 12.8. The van der Waals surface area contributed by atoms with Crippen LogP contribution >= 0.6 is 39.1 Å². The highest BCUT2D eigenvalue weighted by Gasteiger charge is 2.33. The summed E-state index contributed by atoms with van der Waals surface area (Å²) in [5.41, 5.74) is 0.233. The molecule has 0 amide bonds. The summed E-state index contributed by atoms with van der Waals surface area (Å²) in [5, 5.41) is 3.82. The van der Waals surface area contributed by atoms with Gasteiger partial charge >= 0.3 is 6.18 Å². The summed E-state index contributed by atoms with van der Waals surface area (Å²) in [6.45, 7) is 0.234. The Kier molecular flexibility index (Phi) is 5.07. The van der Waals surface area contributed by atoms with E-state index in [2.05, 4.69) is 21.2 Å². The summed E-state index contributed by atoms with van der Waals surface area (Å²) in [5.74, 6) is 0. The summed E-state index contributed by atoms with van der Waals surface area (Å²) in [6.07, 6.45) is -4.42. The Balaban J connectivity index is 2.22. The van der Waals surface area contributed by atoms with Crippen LogP contribution in [0, 0.1) is 0 Å². The SMILES string of the molecule is FC(F)(F)c1cc(NCc2c(Cl)cccc2Cl)ccc1Br. The predicted octanol–water partition coefficient (Wildman–Crippen LogP) is 6.39. The molecule has 0 atom stereocenters. The van der Waals surface area contributed by atoms with E-state index in [9.17, 15) is 13.2 Å². The van der Waals surface area contributed by atoms with Crippen molar-refractivity contribution in [2.45, 2.75) is 12.7 Å². The summed E-state index contributed by atoms with van der Waals surface area (Å²) in [4.78, 5) is 0. The zero-order chi connectivity index (χ0) is 15.6. The van der Waals surface area contributed by atoms with E-state index in [0.29, 0.717) is 21.3 Å². The molecule has 0 saturated carbocycles. The highest BCUT2D eigenvalue weighted by molar-refractivity contribution is 9.10. The Morgan fingerprint density at radius 3 is 2.24 bits per heavy atom. The molecule has 21 heavy (non-hydrogen) atoms. The number of nitrogens with one attached hydrogen (secondary N) is 1. The molecule has 0 bridgehead atoms. The van der Waals surface area contributed by atoms with Crippen LogP contribution in [0.15, 0.2) is 40.9 Å². The molecule has 1 nitrogen and oxygen atoms in total. The number of benzene rings is 2.